The third kappa shape index (κ3) is 5.60. The van der Waals surface area contributed by atoms with Gasteiger partial charge in [-0.05, 0) is 37.6 Å². The van der Waals surface area contributed by atoms with E-state index in [1.165, 1.54) is 18.2 Å². The molecule has 1 aliphatic rings. The summed E-state index contributed by atoms with van der Waals surface area (Å²) < 4.78 is 61.2. The van der Waals surface area contributed by atoms with E-state index in [9.17, 15) is 17.6 Å². The van der Waals surface area contributed by atoms with Crippen LogP contribution in [0.3, 0.4) is 0 Å². The first kappa shape index (κ1) is 23.4. The molecule has 4 rings (SSSR count). The molecular weight excluding hydrogens is 458 g/mol. The minimum absolute atomic E-state index is 0.0349. The fourth-order valence-corrected chi connectivity index (χ4v) is 3.59. The topological polar surface area (TPSA) is 111 Å². The number of ether oxygens (including phenoxy) is 2. The number of morpholine rings is 1. The molecule has 3 heterocycles. The number of nitrogen functional groups attached to an aromatic ring is 1. The van der Waals surface area contributed by atoms with Gasteiger partial charge in [0.05, 0.1) is 18.4 Å². The molecule has 180 valence electrons. The predicted octanol–water partition coefficient (Wildman–Crippen LogP) is 3.91. The van der Waals surface area contributed by atoms with Gasteiger partial charge in [-0.2, -0.15) is 4.98 Å². The summed E-state index contributed by atoms with van der Waals surface area (Å²) in [5, 5.41) is 10.5. The molecule has 13 heteroatoms. The van der Waals surface area contributed by atoms with Gasteiger partial charge in [-0.1, -0.05) is 12.1 Å². The molecule has 2 aromatic heterocycles. The zero-order valence-electron chi connectivity index (χ0n) is 18.2. The van der Waals surface area contributed by atoms with Crippen molar-refractivity contribution in [1.29, 1.82) is 0 Å². The van der Waals surface area contributed by atoms with Gasteiger partial charge in [0, 0.05) is 18.7 Å². The molecule has 2 atom stereocenters. The monoisotopic (exact) mass is 479 g/mol. The van der Waals surface area contributed by atoms with Gasteiger partial charge in [0.15, 0.2) is 23.3 Å². The number of anilines is 4. The van der Waals surface area contributed by atoms with E-state index in [2.05, 4.69) is 30.2 Å². The van der Waals surface area contributed by atoms with Gasteiger partial charge in [0.1, 0.15) is 5.75 Å². The second-order valence-corrected chi connectivity index (χ2v) is 7.75. The van der Waals surface area contributed by atoms with Crippen molar-refractivity contribution < 1.29 is 27.0 Å². The van der Waals surface area contributed by atoms with Gasteiger partial charge in [0.2, 0.25) is 5.95 Å². The molecule has 0 aliphatic carbocycles. The maximum Gasteiger partial charge on any atom is 0.573 e. The minimum Gasteiger partial charge on any atom is -0.406 e. The molecule has 0 spiro atoms. The number of nitrogens with one attached hydrogen (secondary N) is 1. The van der Waals surface area contributed by atoms with Crippen molar-refractivity contribution >= 4 is 23.4 Å². The highest BCUT2D eigenvalue weighted by Crippen LogP contribution is 2.30. The van der Waals surface area contributed by atoms with Crippen molar-refractivity contribution in [3.63, 3.8) is 0 Å². The van der Waals surface area contributed by atoms with Crippen molar-refractivity contribution in [3.05, 3.63) is 42.3 Å². The van der Waals surface area contributed by atoms with Gasteiger partial charge in [-0.15, -0.1) is 23.4 Å². The Kier molecular flexibility index (Phi) is 6.37. The highest BCUT2D eigenvalue weighted by molar-refractivity contribution is 5.76. The number of halogens is 4. The molecule has 3 N–H and O–H groups in total. The number of nitrogens with two attached hydrogens (primary N) is 1. The Hall–Kier alpha value is -3.74. The first-order valence-corrected chi connectivity index (χ1v) is 10.3. The van der Waals surface area contributed by atoms with Crippen molar-refractivity contribution in [2.24, 2.45) is 0 Å². The normalized spacial score (nSPS) is 18.6. The lowest BCUT2D eigenvalue weighted by molar-refractivity contribution is -0.274. The van der Waals surface area contributed by atoms with Crippen LogP contribution in [0.4, 0.5) is 41.0 Å². The molecule has 9 nitrogen and oxygen atoms in total. The Balaban J connectivity index is 1.57. The van der Waals surface area contributed by atoms with Crippen LogP contribution in [0.25, 0.3) is 11.1 Å². The summed E-state index contributed by atoms with van der Waals surface area (Å²) in [4.78, 5) is 10.3. The fraction of sp³-hybridized carbons (Fsp3) is 0.333. The molecule has 0 saturated carbocycles. The third-order valence-electron chi connectivity index (χ3n) is 4.90. The second-order valence-electron chi connectivity index (χ2n) is 7.75. The average molecular weight is 479 g/mol. The predicted molar refractivity (Wildman–Crippen MR) is 116 cm³/mol. The van der Waals surface area contributed by atoms with Crippen LogP contribution in [-0.4, -0.2) is 51.8 Å². The van der Waals surface area contributed by atoms with E-state index in [0.29, 0.717) is 30.2 Å². The molecule has 0 unspecified atom stereocenters. The van der Waals surface area contributed by atoms with Crippen LogP contribution in [0.15, 0.2) is 36.5 Å². The molecule has 0 radical (unpaired) electrons. The molecule has 1 saturated heterocycles. The van der Waals surface area contributed by atoms with Gasteiger partial charge >= 0.3 is 6.36 Å². The Morgan fingerprint density at radius 2 is 1.79 bits per heavy atom. The smallest absolute Gasteiger partial charge is 0.406 e. The highest BCUT2D eigenvalue weighted by Gasteiger charge is 2.31. The average Bonchev–Trinajstić information content (AvgIpc) is 2.75. The zero-order valence-corrected chi connectivity index (χ0v) is 18.2. The number of hydrogen-bond acceptors (Lipinski definition) is 9. The molecule has 3 aromatic rings. The third-order valence-corrected chi connectivity index (χ3v) is 4.90. The molecule has 1 aliphatic heterocycles. The SMILES string of the molecule is C[C@@H]1CN(c2ncc(F)c(Nc3cc(-c4ccc(OC(F)(F)F)cc4)c(N)nn3)n2)C[C@H](C)O1. The number of hydrogen-bond donors (Lipinski definition) is 2. The second kappa shape index (κ2) is 9.25. The number of benzene rings is 1. The number of alkyl halides is 3. The highest BCUT2D eigenvalue weighted by atomic mass is 19.4. The van der Waals surface area contributed by atoms with Crippen LogP contribution in [0.2, 0.25) is 0 Å². The van der Waals surface area contributed by atoms with E-state index in [4.69, 9.17) is 10.5 Å². The van der Waals surface area contributed by atoms with Crippen LogP contribution in [-0.2, 0) is 4.74 Å². The number of rotatable bonds is 5. The molecule has 0 amide bonds. The Bertz CT molecular complexity index is 1150. The van der Waals surface area contributed by atoms with Crippen molar-refractivity contribution in [1.82, 2.24) is 20.2 Å². The van der Waals surface area contributed by atoms with E-state index >= 15 is 0 Å². The van der Waals surface area contributed by atoms with E-state index in [0.717, 1.165) is 18.3 Å². The van der Waals surface area contributed by atoms with Gasteiger partial charge in [-0.3, -0.25) is 0 Å². The standard InChI is InChI=1S/C21H21F4N7O2/c1-11-9-32(10-12(2)33-11)20-27-8-16(22)19(29-20)28-17-7-15(18(26)31-30-17)13-3-5-14(6-4-13)34-21(23,24)25/h3-8,11-12H,9-10H2,1-2H3,(H2,26,31)(H,27,28,29,30)/t11-,12+. The van der Waals surface area contributed by atoms with Gasteiger partial charge in [-0.25, -0.2) is 9.37 Å². The zero-order chi connectivity index (χ0) is 24.5. The summed E-state index contributed by atoms with van der Waals surface area (Å²) in [6, 6.07) is 6.57. The summed E-state index contributed by atoms with van der Waals surface area (Å²) in [6.45, 7) is 4.96. The first-order chi connectivity index (χ1) is 16.1. The van der Waals surface area contributed by atoms with Crippen LogP contribution < -0.4 is 20.7 Å². The molecule has 1 aromatic carbocycles. The van der Waals surface area contributed by atoms with Crippen molar-refractivity contribution in [2.45, 2.75) is 32.4 Å². The maximum absolute atomic E-state index is 14.4. The number of aromatic nitrogens is 4. The molecule has 0 bridgehead atoms. The fourth-order valence-electron chi connectivity index (χ4n) is 3.59. The van der Waals surface area contributed by atoms with Crippen LogP contribution >= 0.6 is 0 Å². The Morgan fingerprint density at radius 1 is 1.12 bits per heavy atom. The Labute approximate surface area is 191 Å². The lowest BCUT2D eigenvalue weighted by Gasteiger charge is -2.35. The minimum atomic E-state index is -4.80. The lowest BCUT2D eigenvalue weighted by Crippen LogP contribution is -2.46. The molecular formula is C21H21F4N7O2. The van der Waals surface area contributed by atoms with Crippen LogP contribution in [0.1, 0.15) is 13.8 Å². The summed E-state index contributed by atoms with van der Waals surface area (Å²) in [6.07, 6.45) is -3.81. The van der Waals surface area contributed by atoms with Crippen molar-refractivity contribution in [2.75, 3.05) is 29.0 Å². The van der Waals surface area contributed by atoms with E-state index in [1.54, 1.807) is 0 Å². The van der Waals surface area contributed by atoms with Crippen LogP contribution in [0, 0.1) is 5.82 Å². The Morgan fingerprint density at radius 3 is 2.44 bits per heavy atom. The quantitative estimate of drug-likeness (QED) is 0.526. The number of nitrogens with zero attached hydrogens (tertiary/aromatic N) is 5. The van der Waals surface area contributed by atoms with Crippen molar-refractivity contribution in [3.8, 4) is 16.9 Å². The largest absolute Gasteiger partial charge is 0.573 e. The molecule has 1 fully saturated rings. The summed E-state index contributed by atoms with van der Waals surface area (Å²) >= 11 is 0. The lowest BCUT2D eigenvalue weighted by atomic mass is 10.1. The van der Waals surface area contributed by atoms with Gasteiger partial charge in [0.25, 0.3) is 0 Å². The van der Waals surface area contributed by atoms with Gasteiger partial charge < -0.3 is 25.4 Å². The van der Waals surface area contributed by atoms with E-state index < -0.39 is 12.2 Å². The first-order valence-electron chi connectivity index (χ1n) is 10.3. The molecule has 34 heavy (non-hydrogen) atoms. The van der Waals surface area contributed by atoms with Crippen LogP contribution in [0.5, 0.6) is 5.75 Å². The summed E-state index contributed by atoms with van der Waals surface area (Å²) in [5.74, 6) is -0.697. The maximum atomic E-state index is 14.4. The van der Waals surface area contributed by atoms with E-state index in [1.807, 2.05) is 18.7 Å². The summed E-state index contributed by atoms with van der Waals surface area (Å²) in [5.41, 5.74) is 6.74. The van der Waals surface area contributed by atoms with E-state index in [-0.39, 0.29) is 35.4 Å². The summed E-state index contributed by atoms with van der Waals surface area (Å²) in [7, 11) is 0.